The van der Waals surface area contributed by atoms with Gasteiger partial charge in [-0.05, 0) is 37.3 Å². The quantitative estimate of drug-likeness (QED) is 0.891. The van der Waals surface area contributed by atoms with E-state index >= 15 is 0 Å². The summed E-state index contributed by atoms with van der Waals surface area (Å²) in [6.45, 7) is 1.72. The van der Waals surface area contributed by atoms with Gasteiger partial charge in [-0.3, -0.25) is 4.79 Å². The Hall–Kier alpha value is -2.45. The van der Waals surface area contributed by atoms with E-state index in [0.29, 0.717) is 0 Å². The van der Waals surface area contributed by atoms with E-state index in [-0.39, 0.29) is 21.9 Å². The number of sulfonamides is 1. The van der Waals surface area contributed by atoms with Gasteiger partial charge in [0.1, 0.15) is 16.5 Å². The number of hydrogen-bond donors (Lipinski definition) is 2. The summed E-state index contributed by atoms with van der Waals surface area (Å²) >= 11 is 0. The highest BCUT2D eigenvalue weighted by molar-refractivity contribution is 7.89. The maximum atomic E-state index is 13.7. The van der Waals surface area contributed by atoms with Crippen LogP contribution in [0, 0.1) is 12.7 Å². The second kappa shape index (κ2) is 6.35. The van der Waals surface area contributed by atoms with E-state index in [1.807, 2.05) is 0 Å². The number of benzene rings is 2. The molecule has 0 saturated carbocycles. The van der Waals surface area contributed by atoms with Crippen molar-refractivity contribution in [3.8, 4) is 5.75 Å². The van der Waals surface area contributed by atoms with Crippen LogP contribution < -0.4 is 15.2 Å². The highest BCUT2D eigenvalue weighted by Gasteiger charge is 2.17. The number of ether oxygens (including phenoxy) is 1. The van der Waals surface area contributed by atoms with Crippen LogP contribution in [0.3, 0.4) is 0 Å². The molecule has 2 aromatic rings. The third-order valence-corrected chi connectivity index (χ3v) is 4.03. The van der Waals surface area contributed by atoms with E-state index in [4.69, 9.17) is 9.88 Å². The third kappa shape index (κ3) is 3.85. The second-order valence-electron chi connectivity index (χ2n) is 4.85. The molecule has 6 nitrogen and oxygen atoms in total. The fraction of sp³-hybridized carbons (Fsp3) is 0.133. The largest absolute Gasteiger partial charge is 0.495 e. The molecule has 0 radical (unpaired) electrons. The number of methoxy groups -OCH3 is 1. The smallest absolute Gasteiger partial charge is 0.258 e. The molecule has 0 unspecified atom stereocenters. The summed E-state index contributed by atoms with van der Waals surface area (Å²) in [4.78, 5) is 11.9. The molecular formula is C15H15FN2O4S. The average Bonchev–Trinajstić information content (AvgIpc) is 2.48. The lowest BCUT2D eigenvalue weighted by Gasteiger charge is -2.11. The lowest BCUT2D eigenvalue weighted by atomic mass is 10.1. The molecule has 1 amide bonds. The number of anilines is 1. The van der Waals surface area contributed by atoms with Crippen molar-refractivity contribution in [2.45, 2.75) is 11.8 Å². The highest BCUT2D eigenvalue weighted by Crippen LogP contribution is 2.26. The molecule has 0 aromatic heterocycles. The van der Waals surface area contributed by atoms with Gasteiger partial charge in [0.15, 0.2) is 0 Å². The second-order valence-corrected chi connectivity index (χ2v) is 6.38. The summed E-state index contributed by atoms with van der Waals surface area (Å²) in [5.74, 6) is -1.32. The Bertz CT molecular complexity index is 866. The maximum Gasteiger partial charge on any atom is 0.258 e. The molecule has 0 atom stereocenters. The van der Waals surface area contributed by atoms with Crippen molar-refractivity contribution in [2.24, 2.45) is 5.14 Å². The molecule has 2 rings (SSSR count). The molecule has 2 aromatic carbocycles. The first-order valence-electron chi connectivity index (χ1n) is 6.50. The van der Waals surface area contributed by atoms with Crippen LogP contribution in [0.5, 0.6) is 5.75 Å². The van der Waals surface area contributed by atoms with Crippen LogP contribution in [0.1, 0.15) is 15.9 Å². The molecule has 23 heavy (non-hydrogen) atoms. The summed E-state index contributed by atoms with van der Waals surface area (Å²) in [7, 11) is -2.74. The first-order chi connectivity index (χ1) is 10.7. The first-order valence-corrected chi connectivity index (χ1v) is 8.05. The molecule has 0 aliphatic carbocycles. The Kier molecular flexibility index (Phi) is 4.67. The number of carbonyl (C=O) groups is 1. The molecule has 3 N–H and O–H groups in total. The van der Waals surface area contributed by atoms with Gasteiger partial charge < -0.3 is 10.1 Å². The van der Waals surface area contributed by atoms with Gasteiger partial charge in [0.05, 0.1) is 12.7 Å². The Morgan fingerprint density at radius 3 is 2.52 bits per heavy atom. The summed E-state index contributed by atoms with van der Waals surface area (Å²) in [6, 6.07) is 8.06. The van der Waals surface area contributed by atoms with Crippen molar-refractivity contribution < 1.29 is 22.3 Å². The van der Waals surface area contributed by atoms with Crippen LogP contribution in [0.25, 0.3) is 0 Å². The van der Waals surface area contributed by atoms with Gasteiger partial charge in [-0.25, -0.2) is 17.9 Å². The molecule has 8 heteroatoms. The zero-order chi connectivity index (χ0) is 17.2. The van der Waals surface area contributed by atoms with Crippen molar-refractivity contribution in [1.82, 2.24) is 0 Å². The van der Waals surface area contributed by atoms with Gasteiger partial charge in [0.2, 0.25) is 10.0 Å². The minimum atomic E-state index is -4.03. The molecule has 0 spiro atoms. The molecule has 0 aliphatic rings. The number of halogens is 1. The predicted molar refractivity (Wildman–Crippen MR) is 83.5 cm³/mol. The molecule has 0 bridgehead atoms. The van der Waals surface area contributed by atoms with Gasteiger partial charge >= 0.3 is 0 Å². The Labute approximate surface area is 133 Å². The average molecular weight is 338 g/mol. The van der Waals surface area contributed by atoms with Gasteiger partial charge in [-0.1, -0.05) is 11.6 Å². The fourth-order valence-corrected chi connectivity index (χ4v) is 2.71. The first kappa shape index (κ1) is 16.9. The highest BCUT2D eigenvalue weighted by atomic mass is 32.2. The van der Waals surface area contributed by atoms with E-state index in [9.17, 15) is 17.6 Å². The van der Waals surface area contributed by atoms with E-state index in [2.05, 4.69) is 5.32 Å². The Balaban J connectivity index is 2.37. The van der Waals surface area contributed by atoms with E-state index in [0.717, 1.165) is 11.6 Å². The molecule has 122 valence electrons. The van der Waals surface area contributed by atoms with E-state index in [1.54, 1.807) is 13.0 Å². The van der Waals surface area contributed by atoms with Crippen LogP contribution in [0.15, 0.2) is 41.3 Å². The molecule has 0 heterocycles. The Morgan fingerprint density at radius 1 is 1.22 bits per heavy atom. The van der Waals surface area contributed by atoms with Crippen LogP contribution in [-0.4, -0.2) is 21.4 Å². The van der Waals surface area contributed by atoms with Crippen molar-refractivity contribution in [1.29, 1.82) is 0 Å². The Morgan fingerprint density at radius 2 is 1.91 bits per heavy atom. The normalized spacial score (nSPS) is 11.1. The predicted octanol–water partition coefficient (Wildman–Crippen LogP) is 2.04. The number of rotatable bonds is 4. The van der Waals surface area contributed by atoms with Gasteiger partial charge in [-0.15, -0.1) is 0 Å². The van der Waals surface area contributed by atoms with Gasteiger partial charge in [0, 0.05) is 5.69 Å². The number of aryl methyl sites for hydroxylation is 1. The molecule has 0 aliphatic heterocycles. The number of amides is 1. The SMILES string of the molecule is COc1ccc(NC(=O)c2cc(C)ccc2F)cc1S(N)(=O)=O. The minimum absolute atomic E-state index is 0.0484. The zero-order valence-corrected chi connectivity index (χ0v) is 13.3. The van der Waals surface area contributed by atoms with Crippen LogP contribution in [0.4, 0.5) is 10.1 Å². The minimum Gasteiger partial charge on any atom is -0.495 e. The zero-order valence-electron chi connectivity index (χ0n) is 12.5. The summed E-state index contributed by atoms with van der Waals surface area (Å²) in [6.07, 6.45) is 0. The molecule has 0 fully saturated rings. The molecule has 0 saturated heterocycles. The summed E-state index contributed by atoms with van der Waals surface area (Å²) < 4.78 is 41.7. The van der Waals surface area contributed by atoms with Crippen LogP contribution in [-0.2, 0) is 10.0 Å². The van der Waals surface area contributed by atoms with Crippen LogP contribution in [0.2, 0.25) is 0 Å². The van der Waals surface area contributed by atoms with Crippen molar-refractivity contribution in [3.05, 3.63) is 53.3 Å². The van der Waals surface area contributed by atoms with Crippen molar-refractivity contribution in [3.63, 3.8) is 0 Å². The standard InChI is InChI=1S/C15H15FN2O4S/c1-9-3-5-12(16)11(7-9)15(19)18-10-4-6-13(22-2)14(8-10)23(17,20)21/h3-8H,1-2H3,(H,18,19)(H2,17,20,21). The van der Waals surface area contributed by atoms with E-state index < -0.39 is 21.7 Å². The number of nitrogens with one attached hydrogen (secondary N) is 1. The lowest BCUT2D eigenvalue weighted by molar-refractivity contribution is 0.102. The maximum absolute atomic E-state index is 13.7. The van der Waals surface area contributed by atoms with Gasteiger partial charge in [-0.2, -0.15) is 0 Å². The number of carbonyl (C=O) groups excluding carboxylic acids is 1. The van der Waals surface area contributed by atoms with E-state index in [1.165, 1.54) is 31.4 Å². The van der Waals surface area contributed by atoms with Crippen molar-refractivity contribution >= 4 is 21.6 Å². The topological polar surface area (TPSA) is 98.5 Å². The van der Waals surface area contributed by atoms with Crippen LogP contribution >= 0.6 is 0 Å². The number of hydrogen-bond acceptors (Lipinski definition) is 4. The third-order valence-electron chi connectivity index (χ3n) is 3.09. The number of nitrogens with two attached hydrogens (primary N) is 1. The summed E-state index contributed by atoms with van der Waals surface area (Å²) in [5, 5.41) is 7.54. The fourth-order valence-electron chi connectivity index (χ4n) is 1.99. The van der Waals surface area contributed by atoms with Crippen molar-refractivity contribution in [2.75, 3.05) is 12.4 Å². The molecular weight excluding hydrogens is 323 g/mol. The van der Waals surface area contributed by atoms with Gasteiger partial charge in [0.25, 0.3) is 5.91 Å². The number of primary sulfonamides is 1. The lowest BCUT2D eigenvalue weighted by Crippen LogP contribution is -2.16. The monoisotopic (exact) mass is 338 g/mol. The summed E-state index contributed by atoms with van der Waals surface area (Å²) in [5.41, 5.74) is 0.732.